The van der Waals surface area contributed by atoms with Crippen molar-refractivity contribution >= 4 is 5.71 Å². The molecule has 1 nitrogen and oxygen atoms in total. The standard InChI is InChI=1S/C15H25N/c1-12-9-10-14(15(2,3)11-12)16-13-7-5-4-6-8-13/h9-10,12-13H,4-8,11H2,1-3H3. The van der Waals surface area contributed by atoms with Crippen molar-refractivity contribution in [3.05, 3.63) is 12.2 Å². The van der Waals surface area contributed by atoms with Crippen LogP contribution in [0.15, 0.2) is 17.1 Å². The lowest BCUT2D eigenvalue weighted by atomic mass is 9.75. The van der Waals surface area contributed by atoms with E-state index in [0.29, 0.717) is 12.0 Å². The zero-order valence-corrected chi connectivity index (χ0v) is 11.0. The molecule has 90 valence electrons. The summed E-state index contributed by atoms with van der Waals surface area (Å²) in [6, 6.07) is 0.612. The predicted molar refractivity (Wildman–Crippen MR) is 71.0 cm³/mol. The number of aliphatic imine (C=N–C) groups is 1. The molecular formula is C15H25N. The maximum atomic E-state index is 5.01. The van der Waals surface area contributed by atoms with Crippen LogP contribution < -0.4 is 0 Å². The first-order valence-electron chi connectivity index (χ1n) is 6.84. The first-order chi connectivity index (χ1) is 7.58. The van der Waals surface area contributed by atoms with Gasteiger partial charge in [-0.05, 0) is 31.3 Å². The molecule has 0 heterocycles. The minimum absolute atomic E-state index is 0.283. The number of rotatable bonds is 1. The van der Waals surface area contributed by atoms with Crippen molar-refractivity contribution in [2.75, 3.05) is 0 Å². The van der Waals surface area contributed by atoms with Crippen LogP contribution in [0, 0.1) is 11.3 Å². The number of nitrogens with zero attached hydrogens (tertiary/aromatic N) is 1. The molecule has 0 aromatic heterocycles. The predicted octanol–water partition coefficient (Wildman–Crippen LogP) is 4.38. The van der Waals surface area contributed by atoms with Crippen molar-refractivity contribution in [2.45, 2.75) is 65.3 Å². The van der Waals surface area contributed by atoms with Gasteiger partial charge in [0.05, 0.1) is 6.04 Å². The largest absolute Gasteiger partial charge is 0.286 e. The second-order valence-corrected chi connectivity index (χ2v) is 6.23. The summed E-state index contributed by atoms with van der Waals surface area (Å²) in [7, 11) is 0. The Hall–Kier alpha value is -0.590. The average molecular weight is 219 g/mol. The molecule has 0 spiro atoms. The van der Waals surface area contributed by atoms with Crippen molar-refractivity contribution in [1.82, 2.24) is 0 Å². The molecule has 16 heavy (non-hydrogen) atoms. The van der Waals surface area contributed by atoms with E-state index in [2.05, 4.69) is 32.9 Å². The fourth-order valence-electron chi connectivity index (χ4n) is 3.08. The van der Waals surface area contributed by atoms with Gasteiger partial charge in [-0.15, -0.1) is 0 Å². The summed E-state index contributed by atoms with van der Waals surface area (Å²) in [5.74, 6) is 0.709. The number of allylic oxidation sites excluding steroid dienone is 2. The zero-order chi connectivity index (χ0) is 11.6. The Balaban J connectivity index is 2.12. The zero-order valence-electron chi connectivity index (χ0n) is 11.0. The fourth-order valence-corrected chi connectivity index (χ4v) is 3.08. The van der Waals surface area contributed by atoms with Crippen molar-refractivity contribution < 1.29 is 0 Å². The monoisotopic (exact) mass is 219 g/mol. The summed E-state index contributed by atoms with van der Waals surface area (Å²) < 4.78 is 0. The molecule has 1 fully saturated rings. The maximum absolute atomic E-state index is 5.01. The van der Waals surface area contributed by atoms with Gasteiger partial charge in [0, 0.05) is 11.1 Å². The summed E-state index contributed by atoms with van der Waals surface area (Å²) >= 11 is 0. The Morgan fingerprint density at radius 3 is 2.50 bits per heavy atom. The topological polar surface area (TPSA) is 12.4 Å². The van der Waals surface area contributed by atoms with E-state index in [1.807, 2.05) is 0 Å². The molecule has 0 N–H and O–H groups in total. The van der Waals surface area contributed by atoms with E-state index < -0.39 is 0 Å². The smallest absolute Gasteiger partial charge is 0.0503 e. The first-order valence-corrected chi connectivity index (χ1v) is 6.84. The minimum Gasteiger partial charge on any atom is -0.286 e. The Morgan fingerprint density at radius 2 is 1.88 bits per heavy atom. The van der Waals surface area contributed by atoms with Crippen LogP contribution in [0.2, 0.25) is 0 Å². The highest BCUT2D eigenvalue weighted by molar-refractivity contribution is 6.00. The first kappa shape index (κ1) is 11.9. The van der Waals surface area contributed by atoms with Gasteiger partial charge < -0.3 is 0 Å². The Morgan fingerprint density at radius 1 is 1.19 bits per heavy atom. The molecule has 0 saturated heterocycles. The molecule has 0 bridgehead atoms. The van der Waals surface area contributed by atoms with E-state index in [-0.39, 0.29) is 5.41 Å². The summed E-state index contributed by atoms with van der Waals surface area (Å²) in [6.07, 6.45) is 12.6. The van der Waals surface area contributed by atoms with E-state index >= 15 is 0 Å². The molecule has 0 aromatic carbocycles. The lowest BCUT2D eigenvalue weighted by Crippen LogP contribution is -2.30. The van der Waals surface area contributed by atoms with Gasteiger partial charge in [-0.1, -0.05) is 46.1 Å². The Kier molecular flexibility index (Phi) is 3.51. The summed E-state index contributed by atoms with van der Waals surface area (Å²) in [5.41, 5.74) is 1.63. The average Bonchev–Trinajstić information content (AvgIpc) is 2.23. The van der Waals surface area contributed by atoms with Gasteiger partial charge in [0.25, 0.3) is 0 Å². The van der Waals surface area contributed by atoms with Crippen molar-refractivity contribution in [3.8, 4) is 0 Å². The van der Waals surface area contributed by atoms with Gasteiger partial charge in [0.2, 0.25) is 0 Å². The van der Waals surface area contributed by atoms with Gasteiger partial charge in [-0.3, -0.25) is 4.99 Å². The fraction of sp³-hybridized carbons (Fsp3) is 0.800. The third-order valence-corrected chi connectivity index (χ3v) is 4.00. The third-order valence-electron chi connectivity index (χ3n) is 4.00. The molecule has 1 saturated carbocycles. The van der Waals surface area contributed by atoms with Gasteiger partial charge >= 0.3 is 0 Å². The molecule has 0 amide bonds. The highest BCUT2D eigenvalue weighted by atomic mass is 14.8. The van der Waals surface area contributed by atoms with Crippen LogP contribution in [0.5, 0.6) is 0 Å². The quantitative estimate of drug-likeness (QED) is 0.620. The summed E-state index contributed by atoms with van der Waals surface area (Å²) in [4.78, 5) is 5.01. The summed E-state index contributed by atoms with van der Waals surface area (Å²) in [6.45, 7) is 6.99. The van der Waals surface area contributed by atoms with Crippen LogP contribution in [0.4, 0.5) is 0 Å². The molecule has 1 heteroatoms. The lowest BCUT2D eigenvalue weighted by molar-refractivity contribution is 0.397. The van der Waals surface area contributed by atoms with Crippen LogP contribution >= 0.6 is 0 Å². The highest BCUT2D eigenvalue weighted by Crippen LogP contribution is 2.34. The van der Waals surface area contributed by atoms with Crippen molar-refractivity contribution in [3.63, 3.8) is 0 Å². The minimum atomic E-state index is 0.283. The summed E-state index contributed by atoms with van der Waals surface area (Å²) in [5, 5.41) is 0. The van der Waals surface area contributed by atoms with Crippen LogP contribution in [0.3, 0.4) is 0 Å². The number of hydrogen-bond donors (Lipinski definition) is 0. The lowest BCUT2D eigenvalue weighted by Gasteiger charge is -2.32. The molecule has 1 atom stereocenters. The molecule has 2 rings (SSSR count). The van der Waals surface area contributed by atoms with Crippen LogP contribution in [0.1, 0.15) is 59.3 Å². The van der Waals surface area contributed by atoms with E-state index in [9.17, 15) is 0 Å². The number of hydrogen-bond acceptors (Lipinski definition) is 1. The van der Waals surface area contributed by atoms with Crippen molar-refractivity contribution in [2.24, 2.45) is 16.3 Å². The molecule has 0 radical (unpaired) electrons. The maximum Gasteiger partial charge on any atom is 0.0503 e. The second kappa shape index (κ2) is 4.73. The van der Waals surface area contributed by atoms with Crippen molar-refractivity contribution in [1.29, 1.82) is 0 Å². The van der Waals surface area contributed by atoms with Gasteiger partial charge in [0.1, 0.15) is 0 Å². The molecule has 1 unspecified atom stereocenters. The van der Waals surface area contributed by atoms with E-state index in [4.69, 9.17) is 4.99 Å². The second-order valence-electron chi connectivity index (χ2n) is 6.23. The Bertz CT molecular complexity index is 293. The van der Waals surface area contributed by atoms with Crippen LogP contribution in [-0.2, 0) is 0 Å². The highest BCUT2D eigenvalue weighted by Gasteiger charge is 2.29. The Labute approximate surface area is 100 Å². The van der Waals surface area contributed by atoms with Gasteiger partial charge in [0.15, 0.2) is 0 Å². The van der Waals surface area contributed by atoms with E-state index in [0.717, 1.165) is 0 Å². The SMILES string of the molecule is CC1C=CC(=NC2CCCCC2)C(C)(C)C1. The molecular weight excluding hydrogens is 194 g/mol. The molecule has 0 aromatic rings. The molecule has 2 aliphatic rings. The van der Waals surface area contributed by atoms with Crippen LogP contribution in [0.25, 0.3) is 0 Å². The van der Waals surface area contributed by atoms with E-state index in [1.165, 1.54) is 44.2 Å². The van der Waals surface area contributed by atoms with Gasteiger partial charge in [-0.2, -0.15) is 0 Å². The molecule has 2 aliphatic carbocycles. The normalized spacial score (nSPS) is 33.2. The third kappa shape index (κ3) is 2.75. The van der Waals surface area contributed by atoms with E-state index in [1.54, 1.807) is 0 Å². The molecule has 0 aliphatic heterocycles. The van der Waals surface area contributed by atoms with Gasteiger partial charge in [-0.25, -0.2) is 0 Å². The van der Waals surface area contributed by atoms with Crippen LogP contribution in [-0.4, -0.2) is 11.8 Å².